The SMILES string of the molecule is Oc1c(CN2CCC3CCC(C3)C2)ccc2ccccc12. The highest BCUT2D eigenvalue weighted by Crippen LogP contribution is 2.37. The highest BCUT2D eigenvalue weighted by Gasteiger charge is 2.30. The number of fused-ring (bicyclic) bond motifs is 3. The minimum absolute atomic E-state index is 0.475. The molecule has 2 unspecified atom stereocenters. The standard InChI is InChI=1S/C19H23NO/c21-19-17(8-7-16-3-1-2-4-18(16)19)13-20-10-9-14-5-6-15(11-14)12-20/h1-4,7-8,14-15,21H,5-6,9-13H2. The second-order valence-electron chi connectivity index (χ2n) is 6.86. The van der Waals surface area contributed by atoms with Gasteiger partial charge in [-0.15, -0.1) is 0 Å². The predicted molar refractivity (Wildman–Crippen MR) is 86.3 cm³/mol. The molecule has 1 aliphatic heterocycles. The van der Waals surface area contributed by atoms with E-state index in [2.05, 4.69) is 23.1 Å². The van der Waals surface area contributed by atoms with Crippen molar-refractivity contribution in [1.29, 1.82) is 0 Å². The summed E-state index contributed by atoms with van der Waals surface area (Å²) < 4.78 is 0. The van der Waals surface area contributed by atoms with E-state index in [9.17, 15) is 5.11 Å². The summed E-state index contributed by atoms with van der Waals surface area (Å²) in [5, 5.41) is 12.7. The van der Waals surface area contributed by atoms with Crippen LogP contribution in [-0.2, 0) is 6.54 Å². The molecular formula is C19H23NO. The van der Waals surface area contributed by atoms with Crippen LogP contribution in [0.25, 0.3) is 10.8 Å². The summed E-state index contributed by atoms with van der Waals surface area (Å²) in [6.07, 6.45) is 5.62. The van der Waals surface area contributed by atoms with E-state index in [1.165, 1.54) is 38.8 Å². The van der Waals surface area contributed by atoms with E-state index in [0.717, 1.165) is 34.7 Å². The molecule has 0 radical (unpaired) electrons. The van der Waals surface area contributed by atoms with Crippen LogP contribution in [-0.4, -0.2) is 23.1 Å². The van der Waals surface area contributed by atoms with Gasteiger partial charge in [0.05, 0.1) is 0 Å². The summed E-state index contributed by atoms with van der Waals surface area (Å²) in [6.45, 7) is 3.29. The fourth-order valence-electron chi connectivity index (χ4n) is 4.24. The Morgan fingerprint density at radius 1 is 1.00 bits per heavy atom. The lowest BCUT2D eigenvalue weighted by molar-refractivity contribution is 0.227. The van der Waals surface area contributed by atoms with Crippen molar-refractivity contribution in [2.75, 3.05) is 13.1 Å². The molecule has 2 aromatic rings. The van der Waals surface area contributed by atoms with Gasteiger partial charge < -0.3 is 5.11 Å². The Balaban J connectivity index is 1.58. The molecule has 2 aliphatic rings. The van der Waals surface area contributed by atoms with Crippen molar-refractivity contribution >= 4 is 10.8 Å². The Bertz CT molecular complexity index is 651. The van der Waals surface area contributed by atoms with E-state index in [1.807, 2.05) is 18.2 Å². The van der Waals surface area contributed by atoms with Crippen molar-refractivity contribution in [2.24, 2.45) is 11.8 Å². The molecule has 110 valence electrons. The van der Waals surface area contributed by atoms with Crippen LogP contribution >= 0.6 is 0 Å². The Morgan fingerprint density at radius 2 is 1.86 bits per heavy atom. The molecule has 2 heteroatoms. The number of nitrogens with zero attached hydrogens (tertiary/aromatic N) is 1. The van der Waals surface area contributed by atoms with Crippen molar-refractivity contribution in [2.45, 2.75) is 32.2 Å². The van der Waals surface area contributed by atoms with E-state index in [0.29, 0.717) is 5.75 Å². The fourth-order valence-corrected chi connectivity index (χ4v) is 4.24. The molecule has 2 atom stereocenters. The maximum absolute atomic E-state index is 10.6. The molecule has 2 fully saturated rings. The van der Waals surface area contributed by atoms with Crippen molar-refractivity contribution in [3.8, 4) is 5.75 Å². The van der Waals surface area contributed by atoms with Gasteiger partial charge in [-0.1, -0.05) is 42.8 Å². The Morgan fingerprint density at radius 3 is 2.81 bits per heavy atom. The molecule has 1 N–H and O–H groups in total. The summed E-state index contributed by atoms with van der Waals surface area (Å²) in [6, 6.07) is 12.3. The number of phenols is 1. The first kappa shape index (κ1) is 13.1. The topological polar surface area (TPSA) is 23.5 Å². The molecule has 21 heavy (non-hydrogen) atoms. The van der Waals surface area contributed by atoms with E-state index in [1.54, 1.807) is 0 Å². The number of aromatic hydroxyl groups is 1. The molecule has 1 saturated heterocycles. The van der Waals surface area contributed by atoms with E-state index in [4.69, 9.17) is 0 Å². The van der Waals surface area contributed by atoms with Gasteiger partial charge in [-0.25, -0.2) is 0 Å². The van der Waals surface area contributed by atoms with Crippen LogP contribution in [0, 0.1) is 11.8 Å². The fraction of sp³-hybridized carbons (Fsp3) is 0.474. The van der Waals surface area contributed by atoms with Crippen LogP contribution in [0.3, 0.4) is 0 Å². The summed E-state index contributed by atoms with van der Waals surface area (Å²) >= 11 is 0. The van der Waals surface area contributed by atoms with Crippen LogP contribution in [0.4, 0.5) is 0 Å². The first-order chi connectivity index (χ1) is 10.3. The van der Waals surface area contributed by atoms with Gasteiger partial charge in [0.1, 0.15) is 5.75 Å². The zero-order valence-corrected chi connectivity index (χ0v) is 12.5. The summed E-state index contributed by atoms with van der Waals surface area (Å²) in [5.41, 5.74) is 1.08. The maximum atomic E-state index is 10.6. The molecule has 0 amide bonds. The Labute approximate surface area is 126 Å². The van der Waals surface area contributed by atoms with E-state index >= 15 is 0 Å². The third-order valence-corrected chi connectivity index (χ3v) is 5.40. The quantitative estimate of drug-likeness (QED) is 0.893. The number of benzene rings is 2. The van der Waals surface area contributed by atoms with Gasteiger partial charge in [-0.3, -0.25) is 4.90 Å². The summed E-state index contributed by atoms with van der Waals surface area (Å²) in [7, 11) is 0. The van der Waals surface area contributed by atoms with Crippen molar-refractivity contribution in [3.63, 3.8) is 0 Å². The van der Waals surface area contributed by atoms with Gasteiger partial charge in [-0.2, -0.15) is 0 Å². The highest BCUT2D eigenvalue weighted by atomic mass is 16.3. The molecular weight excluding hydrogens is 258 g/mol. The smallest absolute Gasteiger partial charge is 0.127 e. The van der Waals surface area contributed by atoms with Gasteiger partial charge >= 0.3 is 0 Å². The Kier molecular flexibility index (Phi) is 3.34. The van der Waals surface area contributed by atoms with Crippen molar-refractivity contribution in [1.82, 2.24) is 4.90 Å². The van der Waals surface area contributed by atoms with Gasteiger partial charge in [-0.05, 0) is 43.0 Å². The third-order valence-electron chi connectivity index (χ3n) is 5.40. The lowest BCUT2D eigenvalue weighted by Crippen LogP contribution is -2.28. The molecule has 2 nitrogen and oxygen atoms in total. The molecule has 2 bridgehead atoms. The largest absolute Gasteiger partial charge is 0.507 e. The zero-order chi connectivity index (χ0) is 14.2. The minimum atomic E-state index is 0.475. The number of hydrogen-bond donors (Lipinski definition) is 1. The van der Waals surface area contributed by atoms with Gasteiger partial charge in [0.15, 0.2) is 0 Å². The minimum Gasteiger partial charge on any atom is -0.507 e. The summed E-state index contributed by atoms with van der Waals surface area (Å²) in [4.78, 5) is 2.55. The van der Waals surface area contributed by atoms with E-state index < -0.39 is 0 Å². The van der Waals surface area contributed by atoms with Crippen LogP contribution in [0.1, 0.15) is 31.2 Å². The van der Waals surface area contributed by atoms with E-state index in [-0.39, 0.29) is 0 Å². The van der Waals surface area contributed by atoms with Crippen molar-refractivity contribution in [3.05, 3.63) is 42.0 Å². The molecule has 1 saturated carbocycles. The van der Waals surface area contributed by atoms with Gasteiger partial charge in [0.25, 0.3) is 0 Å². The first-order valence-corrected chi connectivity index (χ1v) is 8.21. The molecule has 1 aliphatic carbocycles. The third kappa shape index (κ3) is 2.53. The van der Waals surface area contributed by atoms with Crippen LogP contribution in [0.15, 0.2) is 36.4 Å². The molecule has 1 heterocycles. The highest BCUT2D eigenvalue weighted by molar-refractivity contribution is 5.89. The average Bonchev–Trinajstić information content (AvgIpc) is 2.84. The first-order valence-electron chi connectivity index (χ1n) is 8.21. The van der Waals surface area contributed by atoms with Crippen LogP contribution < -0.4 is 0 Å². The normalized spacial score (nSPS) is 26.1. The maximum Gasteiger partial charge on any atom is 0.127 e. The summed E-state index contributed by atoms with van der Waals surface area (Å²) in [5.74, 6) is 2.33. The molecule has 0 aromatic heterocycles. The molecule has 0 spiro atoms. The number of rotatable bonds is 2. The number of likely N-dealkylation sites (tertiary alicyclic amines) is 1. The van der Waals surface area contributed by atoms with Crippen LogP contribution in [0.5, 0.6) is 5.75 Å². The van der Waals surface area contributed by atoms with Gasteiger partial charge in [0.2, 0.25) is 0 Å². The predicted octanol–water partition coefficient (Wildman–Crippen LogP) is 4.17. The molecule has 2 aromatic carbocycles. The average molecular weight is 281 g/mol. The lowest BCUT2D eigenvalue weighted by Gasteiger charge is -2.25. The van der Waals surface area contributed by atoms with Crippen LogP contribution in [0.2, 0.25) is 0 Å². The monoisotopic (exact) mass is 281 g/mol. The second-order valence-corrected chi connectivity index (χ2v) is 6.86. The number of hydrogen-bond acceptors (Lipinski definition) is 2. The van der Waals surface area contributed by atoms with Gasteiger partial charge in [0, 0.05) is 24.0 Å². The zero-order valence-electron chi connectivity index (χ0n) is 12.5. The van der Waals surface area contributed by atoms with Crippen molar-refractivity contribution < 1.29 is 5.11 Å². The number of phenolic OH excluding ortho intramolecular Hbond substituents is 1. The Hall–Kier alpha value is -1.54. The lowest BCUT2D eigenvalue weighted by atomic mass is 10.0. The second kappa shape index (κ2) is 5.34. The molecule has 4 rings (SSSR count).